The van der Waals surface area contributed by atoms with Crippen LogP contribution in [-0.2, 0) is 12.8 Å². The van der Waals surface area contributed by atoms with E-state index in [9.17, 15) is 0 Å². The van der Waals surface area contributed by atoms with Crippen LogP contribution in [0.1, 0.15) is 109 Å². The fraction of sp³-hybridized carbons (Fsp3) is 0.808. The van der Waals surface area contributed by atoms with Crippen molar-refractivity contribution in [3.05, 3.63) is 29.6 Å². The summed E-state index contributed by atoms with van der Waals surface area (Å²) in [6, 6.07) is 4.61. The Morgan fingerprint density at radius 1 is 0.778 bits per heavy atom. The molecule has 27 heavy (non-hydrogen) atoms. The molecule has 1 nitrogen and oxygen atoms in total. The van der Waals surface area contributed by atoms with Gasteiger partial charge in [-0.1, -0.05) is 64.9 Å². The topological polar surface area (TPSA) is 12.9 Å². The highest BCUT2D eigenvalue weighted by Crippen LogP contribution is 2.42. The fourth-order valence-electron chi connectivity index (χ4n) is 5.70. The van der Waals surface area contributed by atoms with E-state index >= 15 is 0 Å². The van der Waals surface area contributed by atoms with E-state index < -0.39 is 0 Å². The van der Waals surface area contributed by atoms with Crippen LogP contribution in [0.25, 0.3) is 0 Å². The van der Waals surface area contributed by atoms with Crippen LogP contribution in [0.3, 0.4) is 0 Å². The number of rotatable bonds is 9. The highest BCUT2D eigenvalue weighted by Gasteiger charge is 2.30. The third kappa shape index (κ3) is 6.61. The van der Waals surface area contributed by atoms with E-state index in [2.05, 4.69) is 32.2 Å². The number of aromatic nitrogens is 1. The van der Waals surface area contributed by atoms with E-state index in [0.29, 0.717) is 0 Å². The molecule has 0 atom stereocenters. The first-order valence-corrected chi connectivity index (χ1v) is 12.2. The minimum atomic E-state index is 0.958. The molecule has 2 saturated carbocycles. The lowest BCUT2D eigenvalue weighted by Crippen LogP contribution is -2.25. The second-order valence-corrected chi connectivity index (χ2v) is 9.62. The Morgan fingerprint density at radius 3 is 2.00 bits per heavy atom. The Bertz CT molecular complexity index is 504. The summed E-state index contributed by atoms with van der Waals surface area (Å²) >= 11 is 0. The first kappa shape index (κ1) is 20.9. The lowest BCUT2D eigenvalue weighted by molar-refractivity contribution is 0.142. The van der Waals surface area contributed by atoms with E-state index in [1.165, 1.54) is 108 Å². The molecule has 0 amide bonds. The molecule has 0 bridgehead atoms. The highest BCUT2D eigenvalue weighted by atomic mass is 14.7. The summed E-state index contributed by atoms with van der Waals surface area (Å²) in [7, 11) is 0. The summed E-state index contributed by atoms with van der Waals surface area (Å²) in [5.74, 6) is 4.12. The molecule has 0 aromatic carbocycles. The summed E-state index contributed by atoms with van der Waals surface area (Å²) in [4.78, 5) is 4.75. The van der Waals surface area contributed by atoms with Crippen molar-refractivity contribution in [1.82, 2.24) is 4.98 Å². The van der Waals surface area contributed by atoms with E-state index in [0.717, 1.165) is 23.7 Å². The average Bonchev–Trinajstić information content (AvgIpc) is 2.74. The molecule has 0 N–H and O–H groups in total. The van der Waals surface area contributed by atoms with E-state index in [4.69, 9.17) is 4.98 Å². The van der Waals surface area contributed by atoms with Crippen molar-refractivity contribution >= 4 is 0 Å². The van der Waals surface area contributed by atoms with Gasteiger partial charge in [0.05, 0.1) is 0 Å². The predicted octanol–water partition coefficient (Wildman–Crippen LogP) is 7.77. The molecule has 3 rings (SSSR count). The highest BCUT2D eigenvalue weighted by molar-refractivity contribution is 5.14. The van der Waals surface area contributed by atoms with Gasteiger partial charge in [0.1, 0.15) is 0 Å². The molecule has 0 saturated heterocycles. The predicted molar refractivity (Wildman–Crippen MR) is 117 cm³/mol. The fourth-order valence-corrected chi connectivity index (χ4v) is 5.70. The Balaban J connectivity index is 1.33. The molecule has 0 unspecified atom stereocenters. The van der Waals surface area contributed by atoms with E-state index in [-0.39, 0.29) is 0 Å². The monoisotopic (exact) mass is 369 g/mol. The summed E-state index contributed by atoms with van der Waals surface area (Å²) in [6.45, 7) is 4.65. The summed E-state index contributed by atoms with van der Waals surface area (Å²) < 4.78 is 0. The van der Waals surface area contributed by atoms with E-state index in [1.807, 2.05) is 0 Å². The molecular weight excluding hydrogens is 326 g/mol. The summed E-state index contributed by atoms with van der Waals surface area (Å²) in [5.41, 5.74) is 2.74. The molecule has 0 radical (unpaired) electrons. The van der Waals surface area contributed by atoms with Gasteiger partial charge in [-0.05, 0) is 86.7 Å². The van der Waals surface area contributed by atoms with Gasteiger partial charge < -0.3 is 0 Å². The Morgan fingerprint density at radius 2 is 1.44 bits per heavy atom. The zero-order chi connectivity index (χ0) is 18.9. The smallest absolute Gasteiger partial charge is 0.0403 e. The van der Waals surface area contributed by atoms with Crippen LogP contribution < -0.4 is 0 Å². The molecule has 0 aliphatic heterocycles. The second kappa shape index (κ2) is 11.2. The van der Waals surface area contributed by atoms with Crippen molar-refractivity contribution in [2.75, 3.05) is 0 Å². The van der Waals surface area contributed by atoms with Crippen molar-refractivity contribution in [2.45, 2.75) is 110 Å². The quantitative estimate of drug-likeness (QED) is 0.405. The minimum Gasteiger partial charge on any atom is -0.261 e. The number of aryl methyl sites for hydroxylation is 2. The van der Waals surface area contributed by atoms with Crippen LogP contribution >= 0.6 is 0 Å². The third-order valence-corrected chi connectivity index (χ3v) is 7.79. The molecule has 1 heterocycles. The Kier molecular flexibility index (Phi) is 8.68. The maximum atomic E-state index is 4.75. The van der Waals surface area contributed by atoms with Gasteiger partial charge in [-0.3, -0.25) is 4.98 Å². The molecule has 1 aromatic rings. The summed E-state index contributed by atoms with van der Waals surface area (Å²) in [5, 5.41) is 0. The molecule has 2 aliphatic carbocycles. The molecule has 2 aliphatic rings. The van der Waals surface area contributed by atoms with Crippen molar-refractivity contribution in [2.24, 2.45) is 23.7 Å². The maximum absolute atomic E-state index is 4.75. The van der Waals surface area contributed by atoms with Gasteiger partial charge in [0.25, 0.3) is 0 Å². The molecule has 1 heteroatoms. The minimum absolute atomic E-state index is 0.958. The van der Waals surface area contributed by atoms with Crippen LogP contribution in [0.5, 0.6) is 0 Å². The standard InChI is InChI=1S/C26H43N/c1-3-5-6-7-23-13-19-26(27-20-23)18-12-22-10-16-25(17-11-22)24-14-8-21(4-2)9-15-24/h13,19-22,24-25H,3-12,14-18H2,1-2H3. The lowest BCUT2D eigenvalue weighted by Gasteiger charge is -2.37. The Labute approximate surface area is 168 Å². The number of hydrogen-bond donors (Lipinski definition) is 0. The molecular formula is C26H43N. The van der Waals surface area contributed by atoms with Crippen molar-refractivity contribution < 1.29 is 0 Å². The largest absolute Gasteiger partial charge is 0.261 e. The van der Waals surface area contributed by atoms with Gasteiger partial charge in [0, 0.05) is 11.9 Å². The van der Waals surface area contributed by atoms with Gasteiger partial charge in [-0.25, -0.2) is 0 Å². The van der Waals surface area contributed by atoms with Crippen LogP contribution in [0.2, 0.25) is 0 Å². The lowest BCUT2D eigenvalue weighted by atomic mass is 9.68. The molecule has 1 aromatic heterocycles. The number of hydrogen-bond acceptors (Lipinski definition) is 1. The summed E-state index contributed by atoms with van der Waals surface area (Å²) in [6.07, 6.45) is 23.3. The van der Waals surface area contributed by atoms with Crippen LogP contribution in [0.4, 0.5) is 0 Å². The molecule has 152 valence electrons. The normalized spacial score (nSPS) is 29.0. The van der Waals surface area contributed by atoms with Crippen molar-refractivity contribution in [1.29, 1.82) is 0 Å². The van der Waals surface area contributed by atoms with Crippen LogP contribution in [0, 0.1) is 23.7 Å². The van der Waals surface area contributed by atoms with Gasteiger partial charge in [-0.2, -0.15) is 0 Å². The first-order chi connectivity index (χ1) is 13.3. The first-order valence-electron chi connectivity index (χ1n) is 12.2. The van der Waals surface area contributed by atoms with Gasteiger partial charge in [0.15, 0.2) is 0 Å². The average molecular weight is 370 g/mol. The SMILES string of the molecule is CCCCCc1ccc(CCC2CCC(C3CCC(CC)CC3)CC2)nc1. The van der Waals surface area contributed by atoms with Crippen LogP contribution in [0.15, 0.2) is 18.3 Å². The third-order valence-electron chi connectivity index (χ3n) is 7.79. The number of nitrogens with zero attached hydrogens (tertiary/aromatic N) is 1. The van der Waals surface area contributed by atoms with Crippen molar-refractivity contribution in [3.8, 4) is 0 Å². The van der Waals surface area contributed by atoms with Gasteiger partial charge in [-0.15, -0.1) is 0 Å². The van der Waals surface area contributed by atoms with Gasteiger partial charge in [0.2, 0.25) is 0 Å². The number of unbranched alkanes of at least 4 members (excludes halogenated alkanes) is 2. The number of pyridine rings is 1. The Hall–Kier alpha value is -0.850. The molecule has 2 fully saturated rings. The van der Waals surface area contributed by atoms with E-state index in [1.54, 1.807) is 0 Å². The second-order valence-electron chi connectivity index (χ2n) is 9.62. The van der Waals surface area contributed by atoms with Gasteiger partial charge >= 0.3 is 0 Å². The van der Waals surface area contributed by atoms with Crippen LogP contribution in [-0.4, -0.2) is 4.98 Å². The zero-order valence-electron chi connectivity index (χ0n) is 18.1. The maximum Gasteiger partial charge on any atom is 0.0403 e. The zero-order valence-corrected chi connectivity index (χ0v) is 18.1. The van der Waals surface area contributed by atoms with Crippen molar-refractivity contribution in [3.63, 3.8) is 0 Å². The molecule has 0 spiro atoms.